The van der Waals surface area contributed by atoms with Gasteiger partial charge in [-0.15, -0.1) is 0 Å². The van der Waals surface area contributed by atoms with Gasteiger partial charge in [0, 0.05) is 18.8 Å². The summed E-state index contributed by atoms with van der Waals surface area (Å²) in [7, 11) is 0. The number of ether oxygens (including phenoxy) is 1. The number of pyridine rings is 1. The molecule has 1 aromatic carbocycles. The van der Waals surface area contributed by atoms with Crippen molar-refractivity contribution < 1.29 is 4.74 Å². The highest BCUT2D eigenvalue weighted by atomic mass is 16.5. The second kappa shape index (κ2) is 8.72. The SMILES string of the molecule is Cc1cccc(C=NNc2nc(N3CCOCC3)nc3c2ncn3-c2cccc(C)n2)c1. The molecule has 9 heteroatoms. The van der Waals surface area contributed by atoms with Crippen molar-refractivity contribution >= 4 is 29.1 Å². The van der Waals surface area contributed by atoms with E-state index in [1.807, 2.05) is 41.8 Å². The van der Waals surface area contributed by atoms with Crippen LogP contribution < -0.4 is 10.3 Å². The van der Waals surface area contributed by atoms with Crippen LogP contribution in [0, 0.1) is 13.8 Å². The number of hydrogen-bond acceptors (Lipinski definition) is 8. The number of hydrazone groups is 1. The smallest absolute Gasteiger partial charge is 0.229 e. The van der Waals surface area contributed by atoms with Gasteiger partial charge in [0.15, 0.2) is 17.0 Å². The maximum Gasteiger partial charge on any atom is 0.229 e. The summed E-state index contributed by atoms with van der Waals surface area (Å²) in [6.45, 7) is 6.77. The van der Waals surface area contributed by atoms with E-state index in [0.717, 1.165) is 30.2 Å². The Balaban J connectivity index is 1.55. The van der Waals surface area contributed by atoms with Crippen LogP contribution in [0.15, 0.2) is 53.9 Å². The van der Waals surface area contributed by atoms with E-state index in [0.29, 0.717) is 36.1 Å². The molecule has 0 saturated carbocycles. The number of fused-ring (bicyclic) bond motifs is 1. The molecule has 0 atom stereocenters. The Hall–Kier alpha value is -3.85. The summed E-state index contributed by atoms with van der Waals surface area (Å²) >= 11 is 0. The molecular weight excluding hydrogens is 404 g/mol. The lowest BCUT2D eigenvalue weighted by Crippen LogP contribution is -2.37. The Morgan fingerprint density at radius 3 is 2.69 bits per heavy atom. The molecule has 4 heterocycles. The maximum absolute atomic E-state index is 5.49. The lowest BCUT2D eigenvalue weighted by atomic mass is 10.2. The van der Waals surface area contributed by atoms with Gasteiger partial charge in [-0.2, -0.15) is 15.1 Å². The summed E-state index contributed by atoms with van der Waals surface area (Å²) in [5.41, 5.74) is 7.49. The van der Waals surface area contributed by atoms with Gasteiger partial charge in [0.05, 0.1) is 19.4 Å². The minimum atomic E-state index is 0.548. The fourth-order valence-corrected chi connectivity index (χ4v) is 3.62. The van der Waals surface area contributed by atoms with Crippen molar-refractivity contribution in [1.82, 2.24) is 24.5 Å². The van der Waals surface area contributed by atoms with Gasteiger partial charge >= 0.3 is 0 Å². The van der Waals surface area contributed by atoms with Crippen LogP contribution in [0.4, 0.5) is 11.8 Å². The fraction of sp³-hybridized carbons (Fsp3) is 0.261. The molecule has 0 unspecified atom stereocenters. The molecule has 1 saturated heterocycles. The molecule has 1 fully saturated rings. The van der Waals surface area contributed by atoms with E-state index in [-0.39, 0.29) is 0 Å². The molecule has 1 aliphatic rings. The second-order valence-electron chi connectivity index (χ2n) is 7.68. The molecule has 0 amide bonds. The third kappa shape index (κ3) is 4.15. The zero-order chi connectivity index (χ0) is 21.9. The van der Waals surface area contributed by atoms with Gasteiger partial charge in [-0.25, -0.2) is 9.97 Å². The monoisotopic (exact) mass is 428 g/mol. The number of benzene rings is 1. The van der Waals surface area contributed by atoms with E-state index in [9.17, 15) is 0 Å². The first-order chi connectivity index (χ1) is 15.7. The number of aryl methyl sites for hydroxylation is 2. The number of nitrogens with one attached hydrogen (secondary N) is 1. The predicted molar refractivity (Wildman–Crippen MR) is 125 cm³/mol. The Labute approximate surface area is 185 Å². The average Bonchev–Trinajstić information content (AvgIpc) is 3.24. The van der Waals surface area contributed by atoms with Gasteiger partial charge in [-0.3, -0.25) is 9.99 Å². The summed E-state index contributed by atoms with van der Waals surface area (Å²) in [5, 5.41) is 4.41. The first kappa shape index (κ1) is 20.1. The van der Waals surface area contributed by atoms with Crippen molar-refractivity contribution in [3.05, 3.63) is 65.6 Å². The number of hydrogen-bond donors (Lipinski definition) is 1. The number of nitrogens with zero attached hydrogens (tertiary/aromatic N) is 7. The van der Waals surface area contributed by atoms with Crippen LogP contribution in [0.2, 0.25) is 0 Å². The molecule has 32 heavy (non-hydrogen) atoms. The third-order valence-electron chi connectivity index (χ3n) is 5.22. The molecule has 4 aromatic rings. The van der Waals surface area contributed by atoms with Gasteiger partial charge in [0.25, 0.3) is 0 Å². The average molecular weight is 429 g/mol. The molecule has 0 spiro atoms. The minimum Gasteiger partial charge on any atom is -0.378 e. The van der Waals surface area contributed by atoms with Crippen LogP contribution in [0.5, 0.6) is 0 Å². The van der Waals surface area contributed by atoms with E-state index >= 15 is 0 Å². The number of rotatable bonds is 5. The van der Waals surface area contributed by atoms with Crippen molar-refractivity contribution in [3.8, 4) is 5.82 Å². The van der Waals surface area contributed by atoms with Gasteiger partial charge in [-0.05, 0) is 31.5 Å². The highest BCUT2D eigenvalue weighted by Crippen LogP contribution is 2.25. The lowest BCUT2D eigenvalue weighted by molar-refractivity contribution is 0.122. The Bertz CT molecular complexity index is 1280. The first-order valence-corrected chi connectivity index (χ1v) is 10.5. The molecule has 162 valence electrons. The van der Waals surface area contributed by atoms with Crippen molar-refractivity contribution in [2.24, 2.45) is 5.10 Å². The quantitative estimate of drug-likeness (QED) is 0.386. The fourth-order valence-electron chi connectivity index (χ4n) is 3.62. The zero-order valence-electron chi connectivity index (χ0n) is 18.1. The number of imidazole rings is 1. The van der Waals surface area contributed by atoms with Gasteiger partial charge < -0.3 is 9.64 Å². The van der Waals surface area contributed by atoms with Crippen molar-refractivity contribution in [1.29, 1.82) is 0 Å². The number of anilines is 2. The van der Waals surface area contributed by atoms with E-state index in [1.165, 1.54) is 5.56 Å². The van der Waals surface area contributed by atoms with E-state index in [2.05, 4.69) is 44.5 Å². The molecule has 0 radical (unpaired) electrons. The molecule has 3 aromatic heterocycles. The lowest BCUT2D eigenvalue weighted by Gasteiger charge is -2.27. The van der Waals surface area contributed by atoms with Crippen LogP contribution in [-0.4, -0.2) is 57.0 Å². The number of aromatic nitrogens is 5. The van der Waals surface area contributed by atoms with E-state index in [4.69, 9.17) is 14.7 Å². The minimum absolute atomic E-state index is 0.548. The van der Waals surface area contributed by atoms with Crippen molar-refractivity contribution in [3.63, 3.8) is 0 Å². The first-order valence-electron chi connectivity index (χ1n) is 10.5. The molecule has 0 aliphatic carbocycles. The normalized spacial score (nSPS) is 14.4. The highest BCUT2D eigenvalue weighted by Gasteiger charge is 2.20. The topological polar surface area (TPSA) is 93.4 Å². The molecular formula is C23H24N8O. The van der Waals surface area contributed by atoms with Crippen LogP contribution in [-0.2, 0) is 4.74 Å². The van der Waals surface area contributed by atoms with Crippen LogP contribution in [0.25, 0.3) is 17.0 Å². The highest BCUT2D eigenvalue weighted by molar-refractivity contribution is 5.86. The molecule has 1 N–H and O–H groups in total. The summed E-state index contributed by atoms with van der Waals surface area (Å²) < 4.78 is 7.37. The van der Waals surface area contributed by atoms with Crippen LogP contribution in [0.1, 0.15) is 16.8 Å². The zero-order valence-corrected chi connectivity index (χ0v) is 18.1. The Kier molecular flexibility index (Phi) is 5.47. The van der Waals surface area contributed by atoms with E-state index < -0.39 is 0 Å². The molecule has 5 rings (SSSR count). The van der Waals surface area contributed by atoms with Gasteiger partial charge in [0.2, 0.25) is 5.95 Å². The second-order valence-corrected chi connectivity index (χ2v) is 7.68. The predicted octanol–water partition coefficient (Wildman–Crippen LogP) is 3.11. The van der Waals surface area contributed by atoms with Gasteiger partial charge in [0.1, 0.15) is 12.1 Å². The van der Waals surface area contributed by atoms with E-state index in [1.54, 1.807) is 12.5 Å². The summed E-state index contributed by atoms with van der Waals surface area (Å²) in [6, 6.07) is 14.0. The summed E-state index contributed by atoms with van der Waals surface area (Å²) in [6.07, 6.45) is 3.49. The summed E-state index contributed by atoms with van der Waals surface area (Å²) in [4.78, 5) is 20.9. The van der Waals surface area contributed by atoms with Crippen molar-refractivity contribution in [2.45, 2.75) is 13.8 Å². The Morgan fingerprint density at radius 1 is 1.03 bits per heavy atom. The van der Waals surface area contributed by atoms with Crippen molar-refractivity contribution in [2.75, 3.05) is 36.6 Å². The number of morpholine rings is 1. The van der Waals surface area contributed by atoms with Crippen LogP contribution in [0.3, 0.4) is 0 Å². The van der Waals surface area contributed by atoms with Crippen LogP contribution >= 0.6 is 0 Å². The largest absolute Gasteiger partial charge is 0.378 e. The maximum atomic E-state index is 5.49. The molecule has 9 nitrogen and oxygen atoms in total. The Morgan fingerprint density at radius 2 is 1.88 bits per heavy atom. The molecule has 1 aliphatic heterocycles. The van der Waals surface area contributed by atoms with Gasteiger partial charge in [-0.1, -0.05) is 35.9 Å². The molecule has 0 bridgehead atoms. The standard InChI is InChI=1S/C23H24N8O/c1-16-5-3-7-18(13-16)14-25-29-21-20-22(28-23(27-21)30-9-11-32-12-10-30)31(15-24-20)19-8-4-6-17(2)26-19/h3-8,13-15H,9-12H2,1-2H3,(H,27,28,29). The third-order valence-corrected chi connectivity index (χ3v) is 5.22. The summed E-state index contributed by atoms with van der Waals surface area (Å²) in [5.74, 6) is 1.92.